The number of nitrogens with one attached hydrogen (secondary N) is 1. The number of nitrogens with zero attached hydrogens (tertiary/aromatic N) is 1. The molecule has 1 N–H and O–H groups in total. The second-order valence-corrected chi connectivity index (χ2v) is 7.93. The Labute approximate surface area is 169 Å². The summed E-state index contributed by atoms with van der Waals surface area (Å²) in [4.78, 5) is 65.7. The topological polar surface area (TPSA) is 114 Å². The minimum absolute atomic E-state index is 0.159. The summed E-state index contributed by atoms with van der Waals surface area (Å²) >= 11 is 0. The first-order chi connectivity index (χ1) is 13.6. The molecule has 2 fully saturated rings. The van der Waals surface area contributed by atoms with Crippen LogP contribution in [0.3, 0.4) is 0 Å². The number of ether oxygens (including phenoxy) is 1. The van der Waals surface area contributed by atoms with E-state index in [9.17, 15) is 24.0 Å². The molecule has 2 amide bonds. The fraction of sp³-hybridized carbons (Fsp3) is 0.571. The van der Waals surface area contributed by atoms with Gasteiger partial charge in [-0.05, 0) is 46.1 Å². The molecule has 0 bridgehead atoms. The van der Waals surface area contributed by atoms with Crippen molar-refractivity contribution in [2.75, 3.05) is 6.61 Å². The normalized spacial score (nSPS) is 22.4. The van der Waals surface area contributed by atoms with Gasteiger partial charge in [0.15, 0.2) is 12.4 Å². The first-order valence-corrected chi connectivity index (χ1v) is 9.92. The van der Waals surface area contributed by atoms with Crippen molar-refractivity contribution in [3.8, 4) is 0 Å². The van der Waals surface area contributed by atoms with Gasteiger partial charge < -0.3 is 9.72 Å². The number of fused-ring (bicyclic) bond motifs is 1. The van der Waals surface area contributed by atoms with E-state index in [0.717, 1.165) is 17.7 Å². The molecule has 2 aliphatic rings. The van der Waals surface area contributed by atoms with Crippen molar-refractivity contribution in [2.24, 2.45) is 11.8 Å². The second-order valence-electron chi connectivity index (χ2n) is 7.93. The lowest BCUT2D eigenvalue weighted by Gasteiger charge is -2.21. The molecule has 0 aromatic carbocycles. The molecule has 3 rings (SSSR count). The molecule has 0 unspecified atom stereocenters. The van der Waals surface area contributed by atoms with Gasteiger partial charge in [-0.25, -0.2) is 4.79 Å². The summed E-state index contributed by atoms with van der Waals surface area (Å²) in [6.45, 7) is 5.67. The van der Waals surface area contributed by atoms with Crippen LogP contribution in [-0.4, -0.2) is 51.9 Å². The van der Waals surface area contributed by atoms with Crippen LogP contribution in [0.1, 0.15) is 71.6 Å². The molecule has 29 heavy (non-hydrogen) atoms. The van der Waals surface area contributed by atoms with Crippen molar-refractivity contribution in [1.82, 2.24) is 9.88 Å². The highest BCUT2D eigenvalue weighted by molar-refractivity contribution is 6.08. The van der Waals surface area contributed by atoms with Gasteiger partial charge in [-0.2, -0.15) is 0 Å². The lowest BCUT2D eigenvalue weighted by atomic mass is 9.81. The highest BCUT2D eigenvalue weighted by Crippen LogP contribution is 2.38. The number of aromatic amines is 1. The molecule has 8 heteroatoms. The number of esters is 1. The Morgan fingerprint density at radius 3 is 2.14 bits per heavy atom. The van der Waals surface area contributed by atoms with Crippen LogP contribution in [0.5, 0.6) is 0 Å². The number of carbonyl (C=O) groups excluding carboxylic acids is 5. The number of rotatable bonds is 6. The number of aryl methyl sites for hydroxylation is 1. The van der Waals surface area contributed by atoms with Gasteiger partial charge in [0, 0.05) is 11.3 Å². The molecule has 1 aromatic heterocycles. The number of H-pyrrole nitrogens is 1. The third-order valence-electron chi connectivity index (χ3n) is 6.02. The zero-order chi connectivity index (χ0) is 21.5. The van der Waals surface area contributed by atoms with E-state index in [-0.39, 0.29) is 35.1 Å². The summed E-state index contributed by atoms with van der Waals surface area (Å²) in [6, 6.07) is -1.08. The summed E-state index contributed by atoms with van der Waals surface area (Å²) in [5.74, 6) is -2.77. The molecular formula is C21H26N2O6. The monoisotopic (exact) mass is 402 g/mol. The lowest BCUT2D eigenvalue weighted by Crippen LogP contribution is -2.44. The molecule has 1 aromatic rings. The fourth-order valence-electron chi connectivity index (χ4n) is 4.56. The van der Waals surface area contributed by atoms with Crippen molar-refractivity contribution < 1.29 is 28.7 Å². The minimum atomic E-state index is -1.08. The number of hydrogen-bond acceptors (Lipinski definition) is 6. The molecular weight excluding hydrogens is 376 g/mol. The largest absolute Gasteiger partial charge is 0.456 e. The van der Waals surface area contributed by atoms with Crippen LogP contribution in [0, 0.1) is 25.7 Å². The van der Waals surface area contributed by atoms with Gasteiger partial charge in [0.25, 0.3) is 0 Å². The molecule has 0 spiro atoms. The van der Waals surface area contributed by atoms with Crippen LogP contribution in [0.25, 0.3) is 0 Å². The first-order valence-electron chi connectivity index (χ1n) is 9.92. The van der Waals surface area contributed by atoms with Crippen molar-refractivity contribution in [3.05, 3.63) is 22.5 Å². The SMILES string of the molecule is CC(=O)c1c(C)[nH]c(C(=O)COC(=O)[C@H](C)N2C(=O)[C@H]3CCCC[C@@H]3C2=O)c1C. The second kappa shape index (κ2) is 7.93. The zero-order valence-electron chi connectivity index (χ0n) is 17.2. The zero-order valence-corrected chi connectivity index (χ0v) is 17.2. The maximum absolute atomic E-state index is 12.6. The Balaban J connectivity index is 1.66. The van der Waals surface area contributed by atoms with E-state index in [1.807, 2.05) is 0 Å². The van der Waals surface area contributed by atoms with Crippen LogP contribution < -0.4 is 0 Å². The summed E-state index contributed by atoms with van der Waals surface area (Å²) in [6.07, 6.45) is 3.13. The Morgan fingerprint density at radius 2 is 1.66 bits per heavy atom. The fourth-order valence-corrected chi connectivity index (χ4v) is 4.56. The number of Topliss-reactive ketones (excluding diaryl/α,β-unsaturated/α-hetero) is 2. The predicted molar refractivity (Wildman–Crippen MR) is 102 cm³/mol. The van der Waals surface area contributed by atoms with Gasteiger partial charge in [-0.1, -0.05) is 12.8 Å². The number of aromatic nitrogens is 1. The number of hydrogen-bond donors (Lipinski definition) is 1. The van der Waals surface area contributed by atoms with Crippen molar-refractivity contribution >= 4 is 29.4 Å². The van der Waals surface area contributed by atoms with Crippen LogP contribution in [-0.2, 0) is 19.1 Å². The van der Waals surface area contributed by atoms with E-state index in [1.54, 1.807) is 13.8 Å². The highest BCUT2D eigenvalue weighted by atomic mass is 16.5. The van der Waals surface area contributed by atoms with E-state index < -0.39 is 24.4 Å². The molecule has 0 radical (unpaired) electrons. The van der Waals surface area contributed by atoms with Gasteiger partial charge >= 0.3 is 5.97 Å². The molecule has 1 saturated carbocycles. The Morgan fingerprint density at radius 1 is 1.10 bits per heavy atom. The van der Waals surface area contributed by atoms with Gasteiger partial charge in [0.05, 0.1) is 17.5 Å². The first kappa shape index (κ1) is 21.0. The predicted octanol–water partition coefficient (Wildman–Crippen LogP) is 2.12. The molecule has 2 heterocycles. The van der Waals surface area contributed by atoms with Crippen molar-refractivity contribution in [3.63, 3.8) is 0 Å². The molecule has 8 nitrogen and oxygen atoms in total. The Kier molecular flexibility index (Phi) is 5.73. The Bertz CT molecular complexity index is 875. The van der Waals surface area contributed by atoms with Gasteiger partial charge in [0.2, 0.25) is 17.6 Å². The third-order valence-corrected chi connectivity index (χ3v) is 6.02. The molecule has 1 aliphatic carbocycles. The summed E-state index contributed by atoms with van der Waals surface area (Å²) in [7, 11) is 0. The van der Waals surface area contributed by atoms with E-state index in [1.165, 1.54) is 13.8 Å². The number of carbonyl (C=O) groups is 5. The van der Waals surface area contributed by atoms with Crippen LogP contribution in [0.15, 0.2) is 0 Å². The number of imide groups is 1. The van der Waals surface area contributed by atoms with Crippen molar-refractivity contribution in [2.45, 2.75) is 59.4 Å². The number of ketones is 2. The maximum Gasteiger partial charge on any atom is 0.329 e. The lowest BCUT2D eigenvalue weighted by molar-refractivity contribution is -0.157. The highest BCUT2D eigenvalue weighted by Gasteiger charge is 2.51. The van der Waals surface area contributed by atoms with Crippen LogP contribution in [0.2, 0.25) is 0 Å². The maximum atomic E-state index is 12.6. The van der Waals surface area contributed by atoms with E-state index in [2.05, 4.69) is 4.98 Å². The third kappa shape index (κ3) is 3.63. The van der Waals surface area contributed by atoms with E-state index in [4.69, 9.17) is 4.74 Å². The van der Waals surface area contributed by atoms with Gasteiger partial charge in [-0.3, -0.25) is 24.1 Å². The van der Waals surface area contributed by atoms with E-state index in [0.29, 0.717) is 29.7 Å². The molecule has 3 atom stereocenters. The van der Waals surface area contributed by atoms with Crippen LogP contribution >= 0.6 is 0 Å². The Hall–Kier alpha value is -2.77. The summed E-state index contributed by atoms with van der Waals surface area (Å²) < 4.78 is 5.11. The molecule has 1 saturated heterocycles. The van der Waals surface area contributed by atoms with Gasteiger partial charge in [-0.15, -0.1) is 0 Å². The molecule has 1 aliphatic heterocycles. The summed E-state index contributed by atoms with van der Waals surface area (Å²) in [5.41, 5.74) is 1.75. The average molecular weight is 402 g/mol. The smallest absolute Gasteiger partial charge is 0.329 e. The molecule has 156 valence electrons. The average Bonchev–Trinajstić information content (AvgIpc) is 3.12. The standard InChI is InChI=1S/C21H26N2O6/c1-10-17(13(4)24)11(2)22-18(10)16(25)9-29-21(28)12(3)23-19(26)14-7-5-6-8-15(14)20(23)27/h12,14-15,22H,5-9H2,1-4H3/t12-,14-,15-/m0/s1. The van der Waals surface area contributed by atoms with Crippen molar-refractivity contribution in [1.29, 1.82) is 0 Å². The minimum Gasteiger partial charge on any atom is -0.456 e. The van der Waals surface area contributed by atoms with Gasteiger partial charge in [0.1, 0.15) is 6.04 Å². The quantitative estimate of drug-likeness (QED) is 0.443. The number of amides is 2. The summed E-state index contributed by atoms with van der Waals surface area (Å²) in [5, 5.41) is 0. The van der Waals surface area contributed by atoms with Crippen LogP contribution in [0.4, 0.5) is 0 Å². The number of likely N-dealkylation sites (tertiary alicyclic amines) is 1. The van der Waals surface area contributed by atoms with E-state index >= 15 is 0 Å².